The van der Waals surface area contributed by atoms with Crippen LogP contribution in [0.25, 0.3) is 0 Å². The molecule has 0 heterocycles. The molecule has 0 aromatic heterocycles. The highest BCUT2D eigenvalue weighted by Gasteiger charge is 2.20. The molecule has 0 saturated heterocycles. The van der Waals surface area contributed by atoms with E-state index in [-0.39, 0.29) is 17.7 Å². The number of carboxylic acid groups (broad SMARTS) is 1. The van der Waals surface area contributed by atoms with Gasteiger partial charge in [0.25, 0.3) is 5.69 Å². The topological polar surface area (TPSA) is 101 Å². The number of hydrogen-bond acceptors (Lipinski definition) is 4. The number of nitrogens with zero attached hydrogens (tertiary/aromatic N) is 1. The van der Waals surface area contributed by atoms with Crippen LogP contribution in [0.15, 0.2) is 22.7 Å². The van der Waals surface area contributed by atoms with Gasteiger partial charge in [0, 0.05) is 22.5 Å². The Balaban J connectivity index is 3.04. The Morgan fingerprint density at radius 3 is 2.69 bits per heavy atom. The minimum atomic E-state index is -1.64. The molecule has 1 aromatic carbocycles. The third-order valence-electron chi connectivity index (χ3n) is 1.94. The van der Waals surface area contributed by atoms with E-state index in [1.165, 1.54) is 12.1 Å². The van der Waals surface area contributed by atoms with Crippen molar-refractivity contribution >= 4 is 27.6 Å². The van der Waals surface area contributed by atoms with Crippen molar-refractivity contribution in [2.75, 3.05) is 0 Å². The molecule has 0 bridgehead atoms. The smallest absolute Gasteiger partial charge is 0.332 e. The molecule has 0 saturated carbocycles. The van der Waals surface area contributed by atoms with Gasteiger partial charge in [0.2, 0.25) is 0 Å². The fraction of sp³-hybridized carbons (Fsp3) is 0.222. The van der Waals surface area contributed by atoms with Crippen molar-refractivity contribution < 1.29 is 19.9 Å². The minimum Gasteiger partial charge on any atom is -0.479 e. The van der Waals surface area contributed by atoms with E-state index in [1.807, 2.05) is 0 Å². The van der Waals surface area contributed by atoms with Crippen LogP contribution < -0.4 is 0 Å². The molecule has 1 rings (SSSR count). The second-order valence-electron chi connectivity index (χ2n) is 3.09. The third kappa shape index (κ3) is 3.01. The second-order valence-corrected chi connectivity index (χ2v) is 4.00. The van der Waals surface area contributed by atoms with Crippen molar-refractivity contribution in [1.82, 2.24) is 0 Å². The molecule has 6 nitrogen and oxygen atoms in total. The number of rotatable bonds is 4. The number of aliphatic carboxylic acids is 1. The van der Waals surface area contributed by atoms with Crippen molar-refractivity contribution in [2.45, 2.75) is 12.5 Å². The number of hydrogen-bond donors (Lipinski definition) is 2. The van der Waals surface area contributed by atoms with Crippen LogP contribution in [0.2, 0.25) is 0 Å². The molecule has 0 aliphatic carbocycles. The molecular weight excluding hydrogens is 282 g/mol. The van der Waals surface area contributed by atoms with Gasteiger partial charge < -0.3 is 10.2 Å². The molecule has 0 aliphatic rings. The lowest BCUT2D eigenvalue weighted by atomic mass is 10.1. The zero-order valence-corrected chi connectivity index (χ0v) is 9.55. The minimum absolute atomic E-state index is 0.183. The van der Waals surface area contributed by atoms with E-state index in [0.29, 0.717) is 4.47 Å². The predicted molar refractivity (Wildman–Crippen MR) is 58.1 cm³/mol. The lowest BCUT2D eigenvalue weighted by Gasteiger charge is -2.06. The highest BCUT2D eigenvalue weighted by molar-refractivity contribution is 9.10. The number of carboxylic acids is 1. The maximum atomic E-state index is 10.7. The van der Waals surface area contributed by atoms with Gasteiger partial charge in [-0.3, -0.25) is 10.1 Å². The quantitative estimate of drug-likeness (QED) is 0.643. The fourth-order valence-electron chi connectivity index (χ4n) is 1.18. The molecule has 0 spiro atoms. The largest absolute Gasteiger partial charge is 0.479 e. The zero-order valence-electron chi connectivity index (χ0n) is 7.96. The van der Waals surface area contributed by atoms with Gasteiger partial charge in [-0.1, -0.05) is 22.0 Å². The van der Waals surface area contributed by atoms with Crippen LogP contribution in [-0.2, 0) is 11.2 Å². The van der Waals surface area contributed by atoms with E-state index in [1.54, 1.807) is 6.07 Å². The first-order valence-electron chi connectivity index (χ1n) is 4.25. The molecule has 0 aliphatic heterocycles. The first-order chi connectivity index (χ1) is 7.41. The molecular formula is C9H8BrNO5. The number of nitro benzene ring substituents is 1. The van der Waals surface area contributed by atoms with E-state index < -0.39 is 17.0 Å². The summed E-state index contributed by atoms with van der Waals surface area (Å²) in [5.74, 6) is -1.41. The van der Waals surface area contributed by atoms with Gasteiger partial charge in [0.15, 0.2) is 6.10 Å². The molecule has 0 amide bonds. The van der Waals surface area contributed by atoms with Crippen LogP contribution in [-0.4, -0.2) is 27.2 Å². The van der Waals surface area contributed by atoms with Gasteiger partial charge in [-0.15, -0.1) is 0 Å². The number of nitro groups is 1. The van der Waals surface area contributed by atoms with Crippen molar-refractivity contribution in [3.63, 3.8) is 0 Å². The Morgan fingerprint density at radius 2 is 2.19 bits per heavy atom. The van der Waals surface area contributed by atoms with Crippen LogP contribution in [0.3, 0.4) is 0 Å². The molecule has 1 unspecified atom stereocenters. The zero-order chi connectivity index (χ0) is 12.3. The van der Waals surface area contributed by atoms with E-state index in [2.05, 4.69) is 15.9 Å². The monoisotopic (exact) mass is 289 g/mol. The first kappa shape index (κ1) is 12.6. The van der Waals surface area contributed by atoms with E-state index >= 15 is 0 Å². The maximum absolute atomic E-state index is 10.7. The normalized spacial score (nSPS) is 12.1. The summed E-state index contributed by atoms with van der Waals surface area (Å²) in [6.07, 6.45) is -1.93. The van der Waals surface area contributed by atoms with Crippen molar-refractivity contribution in [2.24, 2.45) is 0 Å². The summed E-state index contributed by atoms with van der Waals surface area (Å²) in [7, 11) is 0. The van der Waals surface area contributed by atoms with E-state index in [4.69, 9.17) is 10.2 Å². The number of benzene rings is 1. The number of aliphatic hydroxyl groups is 1. The Morgan fingerprint density at radius 1 is 1.56 bits per heavy atom. The average molecular weight is 290 g/mol. The molecule has 1 aromatic rings. The SMILES string of the molecule is O=C(O)C(O)Cc1ccc(Br)cc1[N+](=O)[O-]. The maximum Gasteiger partial charge on any atom is 0.332 e. The summed E-state index contributed by atoms with van der Waals surface area (Å²) in [6.45, 7) is 0. The summed E-state index contributed by atoms with van der Waals surface area (Å²) >= 11 is 3.08. The van der Waals surface area contributed by atoms with E-state index in [9.17, 15) is 14.9 Å². The third-order valence-corrected chi connectivity index (χ3v) is 2.44. The average Bonchev–Trinajstić information content (AvgIpc) is 2.20. The molecule has 7 heteroatoms. The molecule has 0 radical (unpaired) electrons. The van der Waals surface area contributed by atoms with Crippen LogP contribution in [0, 0.1) is 10.1 Å². The molecule has 1 atom stereocenters. The van der Waals surface area contributed by atoms with Gasteiger partial charge in [0.1, 0.15) is 0 Å². The van der Waals surface area contributed by atoms with Gasteiger partial charge >= 0.3 is 5.97 Å². The van der Waals surface area contributed by atoms with Gasteiger partial charge in [-0.2, -0.15) is 0 Å². The summed E-state index contributed by atoms with van der Waals surface area (Å²) in [5, 5.41) is 28.3. The Kier molecular flexibility index (Phi) is 3.97. The summed E-state index contributed by atoms with van der Waals surface area (Å²) in [4.78, 5) is 20.5. The van der Waals surface area contributed by atoms with Gasteiger partial charge in [-0.05, 0) is 6.07 Å². The first-order valence-corrected chi connectivity index (χ1v) is 5.05. The Hall–Kier alpha value is -1.47. The lowest BCUT2D eigenvalue weighted by molar-refractivity contribution is -0.385. The summed E-state index contributed by atoms with van der Waals surface area (Å²) in [6, 6.07) is 4.23. The van der Waals surface area contributed by atoms with Gasteiger partial charge in [-0.25, -0.2) is 4.79 Å². The second kappa shape index (κ2) is 5.04. The molecule has 2 N–H and O–H groups in total. The summed E-state index contributed by atoms with van der Waals surface area (Å²) in [5.41, 5.74) is -0.0298. The molecule has 0 fully saturated rings. The number of aliphatic hydroxyl groups excluding tert-OH is 1. The van der Waals surface area contributed by atoms with Crippen molar-refractivity contribution in [3.8, 4) is 0 Å². The van der Waals surface area contributed by atoms with Crippen LogP contribution in [0.1, 0.15) is 5.56 Å². The van der Waals surface area contributed by atoms with Crippen molar-refractivity contribution in [3.05, 3.63) is 38.3 Å². The fourth-order valence-corrected chi connectivity index (χ4v) is 1.52. The Labute approximate surface area is 98.8 Å². The molecule has 86 valence electrons. The molecule has 16 heavy (non-hydrogen) atoms. The number of carbonyl (C=O) groups is 1. The van der Waals surface area contributed by atoms with Crippen LogP contribution in [0.5, 0.6) is 0 Å². The highest BCUT2D eigenvalue weighted by Crippen LogP contribution is 2.24. The summed E-state index contributed by atoms with van der Waals surface area (Å²) < 4.78 is 0.521. The highest BCUT2D eigenvalue weighted by atomic mass is 79.9. The number of halogens is 1. The van der Waals surface area contributed by atoms with Crippen molar-refractivity contribution in [1.29, 1.82) is 0 Å². The lowest BCUT2D eigenvalue weighted by Crippen LogP contribution is -2.22. The van der Waals surface area contributed by atoms with Crippen LogP contribution >= 0.6 is 15.9 Å². The van der Waals surface area contributed by atoms with Crippen LogP contribution in [0.4, 0.5) is 5.69 Å². The Bertz CT molecular complexity index is 434. The van der Waals surface area contributed by atoms with Gasteiger partial charge in [0.05, 0.1) is 4.92 Å². The standard InChI is InChI=1S/C9H8BrNO5/c10-6-2-1-5(3-8(12)9(13)14)7(4-6)11(15)16/h1-2,4,8,12H,3H2,(H,13,14). The van der Waals surface area contributed by atoms with E-state index in [0.717, 1.165) is 0 Å². The predicted octanol–water partition coefficient (Wildman–Crippen LogP) is 1.35.